The first-order valence-electron chi connectivity index (χ1n) is 11.7. The van der Waals surface area contributed by atoms with E-state index >= 15 is 0 Å². The molecular formula is C23H30KN7O2. The van der Waals surface area contributed by atoms with Crippen LogP contribution in [0.15, 0.2) is 24.7 Å². The van der Waals surface area contributed by atoms with E-state index in [4.69, 9.17) is 10.1 Å². The summed E-state index contributed by atoms with van der Waals surface area (Å²) in [5, 5.41) is 13.5. The molecule has 2 aromatic heterocycles. The van der Waals surface area contributed by atoms with Crippen LogP contribution in [0.3, 0.4) is 0 Å². The number of aromatic nitrogens is 3. The fourth-order valence-corrected chi connectivity index (χ4v) is 5.52. The van der Waals surface area contributed by atoms with Crippen LogP contribution in [-0.4, -0.2) is 81.4 Å². The maximum absolute atomic E-state index is 12.7. The van der Waals surface area contributed by atoms with Crippen molar-refractivity contribution < 1.29 is 60.9 Å². The molecule has 10 heteroatoms. The molecule has 3 unspecified atom stereocenters. The van der Waals surface area contributed by atoms with Gasteiger partial charge in [0.15, 0.2) is 0 Å². The zero-order valence-electron chi connectivity index (χ0n) is 19.5. The molecule has 1 amide bonds. The van der Waals surface area contributed by atoms with Gasteiger partial charge in [0.25, 0.3) is 0 Å². The maximum atomic E-state index is 12.7. The first-order valence-corrected chi connectivity index (χ1v) is 11.7. The Morgan fingerprint density at radius 3 is 2.48 bits per heavy atom. The van der Waals surface area contributed by atoms with Gasteiger partial charge in [-0.05, 0) is 44.4 Å². The summed E-state index contributed by atoms with van der Waals surface area (Å²) < 4.78 is 9.27. The molecule has 2 bridgehead atoms. The van der Waals surface area contributed by atoms with Crippen LogP contribution in [0.25, 0.3) is 16.6 Å². The molecule has 1 N–H and O–H groups in total. The Balaban J connectivity index is 0.00000228. The Morgan fingerprint density at radius 1 is 1.09 bits per heavy atom. The molecule has 0 spiro atoms. The SMILES string of the molecule is C[N-]n1cc(-c2cnn(C3CCOC3)c2)cc1C(=N)N1CC2CCC(C1)N2C(=O)C1CC1.[K+]. The molecule has 4 fully saturated rings. The summed E-state index contributed by atoms with van der Waals surface area (Å²) in [5.41, 5.74) is 7.19. The van der Waals surface area contributed by atoms with E-state index in [1.54, 1.807) is 11.7 Å². The second-order valence-electron chi connectivity index (χ2n) is 9.54. The third kappa shape index (κ3) is 4.34. The summed E-state index contributed by atoms with van der Waals surface area (Å²) in [7, 11) is 1.75. The zero-order valence-corrected chi connectivity index (χ0v) is 22.6. The molecule has 3 atom stereocenters. The van der Waals surface area contributed by atoms with Gasteiger partial charge in [0, 0.05) is 55.0 Å². The topological polar surface area (TPSA) is 93.5 Å². The number of carbonyl (C=O) groups is 1. The van der Waals surface area contributed by atoms with Gasteiger partial charge >= 0.3 is 51.4 Å². The number of likely N-dealkylation sites (tertiary alicyclic amines) is 1. The second kappa shape index (κ2) is 9.47. The number of amidine groups is 1. The molecule has 4 aliphatic rings. The van der Waals surface area contributed by atoms with Crippen molar-refractivity contribution in [1.29, 1.82) is 5.41 Å². The van der Waals surface area contributed by atoms with Gasteiger partial charge in [-0.25, -0.2) is 0 Å². The van der Waals surface area contributed by atoms with Crippen molar-refractivity contribution in [2.75, 3.05) is 33.4 Å². The number of rotatable bonds is 5. The van der Waals surface area contributed by atoms with Crippen molar-refractivity contribution in [1.82, 2.24) is 24.3 Å². The van der Waals surface area contributed by atoms with Gasteiger partial charge in [-0.2, -0.15) is 5.10 Å². The van der Waals surface area contributed by atoms with Crippen molar-refractivity contribution in [2.24, 2.45) is 5.92 Å². The van der Waals surface area contributed by atoms with Crippen LogP contribution in [0.5, 0.6) is 0 Å². The molecule has 1 saturated carbocycles. The minimum atomic E-state index is 0. The van der Waals surface area contributed by atoms with Crippen LogP contribution in [-0.2, 0) is 9.53 Å². The van der Waals surface area contributed by atoms with E-state index in [1.165, 1.54) is 0 Å². The molecule has 5 heterocycles. The van der Waals surface area contributed by atoms with Crippen molar-refractivity contribution in [3.63, 3.8) is 0 Å². The van der Waals surface area contributed by atoms with E-state index in [-0.39, 0.29) is 69.4 Å². The third-order valence-electron chi connectivity index (χ3n) is 7.45. The van der Waals surface area contributed by atoms with Crippen LogP contribution in [0.4, 0.5) is 0 Å². The molecule has 1 aliphatic carbocycles. The normalized spacial score (nSPS) is 26.4. The molecule has 3 aliphatic heterocycles. The number of piperazine rings is 1. The molecule has 33 heavy (non-hydrogen) atoms. The van der Waals surface area contributed by atoms with Crippen molar-refractivity contribution in [2.45, 2.75) is 50.2 Å². The van der Waals surface area contributed by atoms with Crippen molar-refractivity contribution in [3.8, 4) is 11.1 Å². The molecular weight excluding hydrogens is 445 g/mol. The number of ether oxygens (including phenoxy) is 1. The quantitative estimate of drug-likeness (QED) is 0.358. The number of nitrogens with one attached hydrogen (secondary N) is 1. The van der Waals surface area contributed by atoms with Gasteiger partial charge in [0.2, 0.25) is 5.91 Å². The Bertz CT molecular complexity index is 1030. The predicted octanol–water partition coefficient (Wildman–Crippen LogP) is -0.506. The van der Waals surface area contributed by atoms with Crippen LogP contribution in [0.1, 0.15) is 43.8 Å². The average molecular weight is 476 g/mol. The van der Waals surface area contributed by atoms with Crippen LogP contribution in [0.2, 0.25) is 0 Å². The Kier molecular flexibility index (Phi) is 6.76. The van der Waals surface area contributed by atoms with Gasteiger partial charge < -0.3 is 24.6 Å². The number of hydrogen-bond acceptors (Lipinski definition) is 4. The van der Waals surface area contributed by atoms with Crippen LogP contribution < -0.4 is 51.4 Å². The van der Waals surface area contributed by atoms with E-state index in [9.17, 15) is 4.79 Å². The summed E-state index contributed by atoms with van der Waals surface area (Å²) >= 11 is 0. The predicted molar refractivity (Wildman–Crippen MR) is 120 cm³/mol. The molecule has 0 aromatic carbocycles. The van der Waals surface area contributed by atoms with Gasteiger partial charge in [-0.1, -0.05) is 0 Å². The largest absolute Gasteiger partial charge is 1.00 e. The Morgan fingerprint density at radius 2 is 1.85 bits per heavy atom. The van der Waals surface area contributed by atoms with Gasteiger partial charge in [-0.15, -0.1) is 7.05 Å². The number of amides is 1. The van der Waals surface area contributed by atoms with Gasteiger partial charge in [0.05, 0.1) is 24.5 Å². The Labute approximate surface area is 236 Å². The first kappa shape index (κ1) is 23.6. The molecule has 2 aromatic rings. The zero-order chi connectivity index (χ0) is 21.8. The third-order valence-corrected chi connectivity index (χ3v) is 7.45. The number of hydrogen-bond donors (Lipinski definition) is 1. The van der Waals surface area contributed by atoms with E-state index in [2.05, 4.69) is 26.5 Å². The minimum absolute atomic E-state index is 0. The fraction of sp³-hybridized carbons (Fsp3) is 0.609. The summed E-state index contributed by atoms with van der Waals surface area (Å²) in [6, 6.07) is 2.79. The number of fused-ring (bicyclic) bond motifs is 2. The van der Waals surface area contributed by atoms with E-state index in [0.717, 1.165) is 68.6 Å². The van der Waals surface area contributed by atoms with Crippen LogP contribution >= 0.6 is 0 Å². The molecule has 9 nitrogen and oxygen atoms in total. The second-order valence-corrected chi connectivity index (χ2v) is 9.54. The molecule has 170 valence electrons. The first-order chi connectivity index (χ1) is 15.6. The average Bonchev–Trinajstić information content (AvgIpc) is 3.19. The number of carbonyl (C=O) groups excluding carboxylic acids is 1. The van der Waals surface area contributed by atoms with Gasteiger partial charge in [0.1, 0.15) is 5.84 Å². The van der Waals surface area contributed by atoms with Crippen LogP contribution in [0, 0.1) is 11.3 Å². The summed E-state index contributed by atoms with van der Waals surface area (Å²) in [6.45, 7) is 2.96. The Hall–Kier alpha value is -1.17. The molecule has 6 rings (SSSR count). The van der Waals surface area contributed by atoms with Crippen molar-refractivity contribution in [3.05, 3.63) is 35.8 Å². The molecule has 3 saturated heterocycles. The summed E-state index contributed by atoms with van der Waals surface area (Å²) in [5.74, 6) is 1.09. The number of nitrogens with zero attached hydrogens (tertiary/aromatic N) is 6. The van der Waals surface area contributed by atoms with Crippen molar-refractivity contribution >= 4 is 11.7 Å². The van der Waals surface area contributed by atoms with E-state index < -0.39 is 0 Å². The minimum Gasteiger partial charge on any atom is -0.619 e. The summed E-state index contributed by atoms with van der Waals surface area (Å²) in [6.07, 6.45) is 11.1. The maximum Gasteiger partial charge on any atom is 1.00 e. The molecule has 0 radical (unpaired) electrons. The smallest absolute Gasteiger partial charge is 0.619 e. The monoisotopic (exact) mass is 475 g/mol. The van der Waals surface area contributed by atoms with E-state index in [1.807, 2.05) is 23.1 Å². The standard InChI is InChI=1S/C23H30N7O2.K/c1-25-29-10-16(17-9-26-28(11-17)20-6-7-32-14-20)8-21(29)22(24)27-12-18-4-5-19(13-27)30(18)23(31)15-2-3-15;/h8-11,15,18-20,24H,2-7,12-14H2,1H3;/q-1;+1. The fourth-order valence-electron chi connectivity index (χ4n) is 5.52. The van der Waals surface area contributed by atoms with E-state index in [0.29, 0.717) is 24.4 Å². The summed E-state index contributed by atoms with van der Waals surface area (Å²) in [4.78, 5) is 17.0. The van der Waals surface area contributed by atoms with Gasteiger partial charge in [-0.3, -0.25) is 14.9 Å².